The molecule has 0 aliphatic carbocycles. The third kappa shape index (κ3) is 5.18. The summed E-state index contributed by atoms with van der Waals surface area (Å²) in [5.41, 5.74) is 2.38. The lowest BCUT2D eigenvalue weighted by atomic mass is 10.2. The van der Waals surface area contributed by atoms with E-state index in [4.69, 9.17) is 4.74 Å². The van der Waals surface area contributed by atoms with Gasteiger partial charge in [0.15, 0.2) is 5.82 Å². The Morgan fingerprint density at radius 3 is 2.93 bits per heavy atom. The molecule has 4 aromatic rings. The summed E-state index contributed by atoms with van der Waals surface area (Å²) in [6.07, 6.45) is 8.30. The van der Waals surface area contributed by atoms with Gasteiger partial charge in [0.1, 0.15) is 12.4 Å². The SMILES string of the molecule is Cc1nc(COc2cccc(/C=C/C(=O)Nc3ccc(-n4cccn4)nc3)c2)cs1. The molecule has 0 saturated heterocycles. The molecule has 0 aliphatic rings. The molecule has 0 radical (unpaired) electrons. The van der Waals surface area contributed by atoms with Gasteiger partial charge in [-0.25, -0.2) is 14.6 Å². The average Bonchev–Trinajstić information content (AvgIpc) is 3.44. The van der Waals surface area contributed by atoms with Crippen molar-refractivity contribution >= 4 is 29.0 Å². The average molecular weight is 417 g/mol. The van der Waals surface area contributed by atoms with E-state index >= 15 is 0 Å². The number of aryl methyl sites for hydroxylation is 1. The van der Waals surface area contributed by atoms with Crippen LogP contribution in [0.25, 0.3) is 11.9 Å². The summed E-state index contributed by atoms with van der Waals surface area (Å²) in [6, 6.07) is 12.9. The predicted octanol–water partition coefficient (Wildman–Crippen LogP) is 4.26. The van der Waals surface area contributed by atoms with Gasteiger partial charge in [-0.15, -0.1) is 11.3 Å². The number of benzene rings is 1. The van der Waals surface area contributed by atoms with E-state index in [1.165, 1.54) is 6.08 Å². The Labute approximate surface area is 177 Å². The Bertz CT molecular complexity index is 1150. The first-order chi connectivity index (χ1) is 14.7. The number of nitrogens with one attached hydrogen (secondary N) is 1. The number of ether oxygens (including phenoxy) is 1. The van der Waals surface area contributed by atoms with Crippen molar-refractivity contribution in [2.45, 2.75) is 13.5 Å². The van der Waals surface area contributed by atoms with Crippen molar-refractivity contribution in [2.24, 2.45) is 0 Å². The van der Waals surface area contributed by atoms with Gasteiger partial charge in [-0.3, -0.25) is 4.79 Å². The highest BCUT2D eigenvalue weighted by Gasteiger charge is 2.03. The number of carbonyl (C=O) groups is 1. The van der Waals surface area contributed by atoms with Crippen LogP contribution in [0.1, 0.15) is 16.3 Å². The number of thiazole rings is 1. The fourth-order valence-electron chi connectivity index (χ4n) is 2.70. The van der Waals surface area contributed by atoms with Crippen molar-refractivity contribution in [3.8, 4) is 11.6 Å². The molecule has 0 fully saturated rings. The van der Waals surface area contributed by atoms with E-state index < -0.39 is 0 Å². The lowest BCUT2D eigenvalue weighted by Crippen LogP contribution is -2.08. The zero-order chi connectivity index (χ0) is 20.8. The summed E-state index contributed by atoms with van der Waals surface area (Å²) in [5, 5.41) is 9.92. The van der Waals surface area contributed by atoms with E-state index in [-0.39, 0.29) is 5.91 Å². The van der Waals surface area contributed by atoms with E-state index in [1.54, 1.807) is 52.8 Å². The van der Waals surface area contributed by atoms with E-state index in [1.807, 2.05) is 42.6 Å². The molecule has 30 heavy (non-hydrogen) atoms. The first-order valence-electron chi connectivity index (χ1n) is 9.25. The van der Waals surface area contributed by atoms with Crippen LogP contribution in [-0.2, 0) is 11.4 Å². The molecule has 0 bridgehead atoms. The Balaban J connectivity index is 1.33. The molecule has 4 rings (SSSR count). The van der Waals surface area contributed by atoms with Gasteiger partial charge in [0.25, 0.3) is 0 Å². The Morgan fingerprint density at radius 1 is 1.27 bits per heavy atom. The van der Waals surface area contributed by atoms with Gasteiger partial charge < -0.3 is 10.1 Å². The summed E-state index contributed by atoms with van der Waals surface area (Å²) < 4.78 is 7.43. The van der Waals surface area contributed by atoms with Crippen LogP contribution in [0.3, 0.4) is 0 Å². The summed E-state index contributed by atoms with van der Waals surface area (Å²) in [4.78, 5) is 20.9. The molecule has 7 nitrogen and oxygen atoms in total. The zero-order valence-corrected chi connectivity index (χ0v) is 17.0. The lowest BCUT2D eigenvalue weighted by molar-refractivity contribution is -0.111. The summed E-state index contributed by atoms with van der Waals surface area (Å²) >= 11 is 1.60. The second kappa shape index (κ2) is 9.15. The fraction of sp³-hybridized carbons (Fsp3) is 0.0909. The van der Waals surface area contributed by atoms with Crippen molar-refractivity contribution in [1.29, 1.82) is 0 Å². The van der Waals surface area contributed by atoms with E-state index in [2.05, 4.69) is 20.4 Å². The maximum absolute atomic E-state index is 12.2. The minimum absolute atomic E-state index is 0.243. The van der Waals surface area contributed by atoms with Gasteiger partial charge in [-0.2, -0.15) is 5.10 Å². The highest BCUT2D eigenvalue weighted by atomic mass is 32.1. The zero-order valence-electron chi connectivity index (χ0n) is 16.2. The molecule has 1 N–H and O–H groups in total. The number of amides is 1. The molecule has 0 saturated carbocycles. The maximum atomic E-state index is 12.2. The second-order valence-electron chi connectivity index (χ2n) is 6.40. The molecule has 8 heteroatoms. The number of hydrogen-bond donors (Lipinski definition) is 1. The monoisotopic (exact) mass is 417 g/mol. The van der Waals surface area contributed by atoms with Gasteiger partial charge >= 0.3 is 0 Å². The molecule has 0 unspecified atom stereocenters. The quantitative estimate of drug-likeness (QED) is 0.454. The molecular formula is C22H19N5O2S. The smallest absolute Gasteiger partial charge is 0.248 e. The minimum Gasteiger partial charge on any atom is -0.487 e. The predicted molar refractivity (Wildman–Crippen MR) is 117 cm³/mol. The van der Waals surface area contributed by atoms with Crippen LogP contribution < -0.4 is 10.1 Å². The van der Waals surface area contributed by atoms with Crippen LogP contribution in [0, 0.1) is 6.92 Å². The largest absolute Gasteiger partial charge is 0.487 e. The van der Waals surface area contributed by atoms with Gasteiger partial charge in [0.2, 0.25) is 5.91 Å². The highest BCUT2D eigenvalue weighted by molar-refractivity contribution is 7.09. The molecular weight excluding hydrogens is 398 g/mol. The first kappa shape index (κ1) is 19.5. The lowest BCUT2D eigenvalue weighted by Gasteiger charge is -2.05. The summed E-state index contributed by atoms with van der Waals surface area (Å²) in [5.74, 6) is 1.16. The molecule has 150 valence electrons. The number of hydrogen-bond acceptors (Lipinski definition) is 6. The van der Waals surface area contributed by atoms with Crippen LogP contribution in [0.5, 0.6) is 5.75 Å². The third-order valence-corrected chi connectivity index (χ3v) is 4.92. The highest BCUT2D eigenvalue weighted by Crippen LogP contribution is 2.17. The number of aromatic nitrogens is 4. The van der Waals surface area contributed by atoms with Crippen LogP contribution in [0.15, 0.2) is 72.5 Å². The van der Waals surface area contributed by atoms with Crippen molar-refractivity contribution in [1.82, 2.24) is 19.7 Å². The van der Waals surface area contributed by atoms with Crippen molar-refractivity contribution < 1.29 is 9.53 Å². The number of pyridine rings is 1. The molecule has 1 amide bonds. The molecule has 1 aromatic carbocycles. The van der Waals surface area contributed by atoms with Crippen molar-refractivity contribution in [3.63, 3.8) is 0 Å². The number of rotatable bonds is 7. The maximum Gasteiger partial charge on any atom is 0.248 e. The second-order valence-corrected chi connectivity index (χ2v) is 7.46. The molecule has 0 aliphatic heterocycles. The summed E-state index contributed by atoms with van der Waals surface area (Å²) in [7, 11) is 0. The van der Waals surface area contributed by atoms with Crippen LogP contribution in [-0.4, -0.2) is 25.7 Å². The minimum atomic E-state index is -0.243. The Morgan fingerprint density at radius 2 is 2.20 bits per heavy atom. The topological polar surface area (TPSA) is 81.9 Å². The Hall–Kier alpha value is -3.78. The molecule has 0 atom stereocenters. The third-order valence-electron chi connectivity index (χ3n) is 4.09. The van der Waals surface area contributed by atoms with Gasteiger partial charge in [0, 0.05) is 23.8 Å². The van der Waals surface area contributed by atoms with Crippen molar-refractivity contribution in [3.05, 3.63) is 88.8 Å². The van der Waals surface area contributed by atoms with Crippen LogP contribution in [0.2, 0.25) is 0 Å². The normalized spacial score (nSPS) is 11.0. The fourth-order valence-corrected chi connectivity index (χ4v) is 3.29. The van der Waals surface area contributed by atoms with Gasteiger partial charge in [-0.1, -0.05) is 12.1 Å². The van der Waals surface area contributed by atoms with Crippen LogP contribution >= 0.6 is 11.3 Å². The van der Waals surface area contributed by atoms with Gasteiger partial charge in [-0.05, 0) is 48.9 Å². The summed E-state index contributed by atoms with van der Waals surface area (Å²) in [6.45, 7) is 2.38. The first-order valence-corrected chi connectivity index (χ1v) is 10.1. The molecule has 3 heterocycles. The standard InChI is InChI=1S/C22H19N5O2S/c1-16-25-19(15-30-16)14-29-20-5-2-4-17(12-20)6-9-22(28)26-18-7-8-21(23-13-18)27-11-3-10-24-27/h2-13,15H,14H2,1H3,(H,26,28)/b9-6+. The molecule has 3 aromatic heterocycles. The number of nitrogens with zero attached hydrogens (tertiary/aromatic N) is 4. The number of carbonyl (C=O) groups excluding carboxylic acids is 1. The number of anilines is 1. The Kier molecular flexibility index (Phi) is 5.95. The van der Waals surface area contributed by atoms with Crippen molar-refractivity contribution in [2.75, 3.05) is 5.32 Å². The van der Waals surface area contributed by atoms with E-state index in [0.29, 0.717) is 18.1 Å². The molecule has 0 spiro atoms. The van der Waals surface area contributed by atoms with E-state index in [9.17, 15) is 4.79 Å². The van der Waals surface area contributed by atoms with E-state index in [0.717, 1.165) is 22.0 Å². The van der Waals surface area contributed by atoms with Gasteiger partial charge in [0.05, 0.1) is 22.6 Å². The van der Waals surface area contributed by atoms with Crippen LogP contribution in [0.4, 0.5) is 5.69 Å².